The summed E-state index contributed by atoms with van der Waals surface area (Å²) in [5, 5.41) is 4.15. The average Bonchev–Trinajstić information content (AvgIpc) is 2.73. The molecule has 2 heterocycles. The summed E-state index contributed by atoms with van der Waals surface area (Å²) < 4.78 is 10.5. The van der Waals surface area contributed by atoms with Gasteiger partial charge in [-0.2, -0.15) is 0 Å². The van der Waals surface area contributed by atoms with Crippen LogP contribution in [0, 0.1) is 0 Å². The average molecular weight is 374 g/mol. The Morgan fingerprint density at radius 3 is 2.61 bits per heavy atom. The lowest BCUT2D eigenvalue weighted by molar-refractivity contribution is 0.0527. The third-order valence-electron chi connectivity index (χ3n) is 4.39. The van der Waals surface area contributed by atoms with Gasteiger partial charge in [0, 0.05) is 11.9 Å². The number of aromatic nitrogens is 1. The van der Waals surface area contributed by atoms with Crippen molar-refractivity contribution in [1.82, 2.24) is 4.98 Å². The third-order valence-corrected chi connectivity index (χ3v) is 4.39. The van der Waals surface area contributed by atoms with Crippen molar-refractivity contribution < 1.29 is 13.9 Å². The Kier molecular flexibility index (Phi) is 4.76. The van der Waals surface area contributed by atoms with Crippen molar-refractivity contribution >= 4 is 33.7 Å². The van der Waals surface area contributed by atoms with Gasteiger partial charge in [0.15, 0.2) is 0 Å². The minimum atomic E-state index is -0.542. The summed E-state index contributed by atoms with van der Waals surface area (Å²) in [6.07, 6.45) is 0. The molecule has 4 aromatic rings. The van der Waals surface area contributed by atoms with E-state index in [0.717, 1.165) is 5.56 Å². The molecule has 2 aromatic carbocycles. The van der Waals surface area contributed by atoms with E-state index in [9.17, 15) is 9.59 Å². The van der Waals surface area contributed by atoms with E-state index in [-0.39, 0.29) is 17.6 Å². The Bertz CT molecular complexity index is 1220. The number of pyridine rings is 1. The first-order valence-electron chi connectivity index (χ1n) is 8.99. The largest absolute Gasteiger partial charge is 0.462 e. The summed E-state index contributed by atoms with van der Waals surface area (Å²) in [4.78, 5) is 29.5. The van der Waals surface area contributed by atoms with Crippen LogP contribution in [0.4, 0.5) is 5.82 Å². The Morgan fingerprint density at radius 1 is 1.07 bits per heavy atom. The molecule has 0 aliphatic carbocycles. The van der Waals surface area contributed by atoms with Crippen LogP contribution in [0.5, 0.6) is 0 Å². The number of carbonyl (C=O) groups excluding carboxylic acids is 1. The zero-order chi connectivity index (χ0) is 19.5. The molecule has 0 spiro atoms. The number of hydrogen-bond donors (Lipinski definition) is 1. The maximum atomic E-state index is 12.5. The van der Waals surface area contributed by atoms with Crippen molar-refractivity contribution in [3.63, 3.8) is 0 Å². The highest BCUT2D eigenvalue weighted by Crippen LogP contribution is 2.26. The first-order valence-corrected chi connectivity index (χ1v) is 8.99. The molecular weight excluding hydrogens is 356 g/mol. The predicted octanol–water partition coefficient (Wildman–Crippen LogP) is 4.13. The van der Waals surface area contributed by atoms with Crippen molar-refractivity contribution in [3.05, 3.63) is 82.2 Å². The highest BCUT2D eigenvalue weighted by atomic mass is 16.5. The van der Waals surface area contributed by atoms with E-state index in [1.165, 1.54) is 6.07 Å². The van der Waals surface area contributed by atoms with Gasteiger partial charge < -0.3 is 14.5 Å². The van der Waals surface area contributed by atoms with E-state index in [2.05, 4.69) is 10.3 Å². The number of nitrogens with zero attached hydrogens (tertiary/aromatic N) is 1. The van der Waals surface area contributed by atoms with Gasteiger partial charge >= 0.3 is 11.6 Å². The second-order valence-electron chi connectivity index (χ2n) is 6.23. The van der Waals surface area contributed by atoms with Crippen LogP contribution in [-0.4, -0.2) is 17.6 Å². The van der Waals surface area contributed by atoms with Crippen LogP contribution in [0.15, 0.2) is 69.9 Å². The Balaban J connectivity index is 1.88. The van der Waals surface area contributed by atoms with E-state index in [4.69, 9.17) is 9.15 Å². The Morgan fingerprint density at radius 2 is 1.82 bits per heavy atom. The molecule has 0 atom stereocenters. The molecule has 0 amide bonds. The van der Waals surface area contributed by atoms with Crippen molar-refractivity contribution in [2.24, 2.45) is 0 Å². The fourth-order valence-corrected chi connectivity index (χ4v) is 3.06. The summed E-state index contributed by atoms with van der Waals surface area (Å²) >= 11 is 0. The number of nitrogens with one attached hydrogen (secondary N) is 1. The number of rotatable bonds is 5. The molecule has 0 bridgehead atoms. The Labute approximate surface area is 160 Å². The monoisotopic (exact) mass is 374 g/mol. The lowest BCUT2D eigenvalue weighted by atomic mass is 10.1. The number of fused-ring (bicyclic) bond motifs is 3. The summed E-state index contributed by atoms with van der Waals surface area (Å²) in [5.74, 6) is -0.175. The van der Waals surface area contributed by atoms with Gasteiger partial charge in [0.2, 0.25) is 0 Å². The van der Waals surface area contributed by atoms with E-state index >= 15 is 0 Å². The maximum Gasteiger partial charge on any atom is 0.345 e. The molecule has 0 aliphatic rings. The number of benzene rings is 2. The van der Waals surface area contributed by atoms with Crippen molar-refractivity contribution in [1.29, 1.82) is 0 Å². The van der Waals surface area contributed by atoms with Gasteiger partial charge in [-0.3, -0.25) is 0 Å². The SMILES string of the molecule is CCOC(=O)c1cc2c(=O)oc3ccccc3c2nc1NCc1ccccc1. The van der Waals surface area contributed by atoms with Gasteiger partial charge in [-0.1, -0.05) is 42.5 Å². The molecule has 0 saturated carbocycles. The summed E-state index contributed by atoms with van der Waals surface area (Å²) in [7, 11) is 0. The molecule has 140 valence electrons. The zero-order valence-corrected chi connectivity index (χ0v) is 15.3. The molecule has 0 fully saturated rings. The lowest BCUT2D eigenvalue weighted by Crippen LogP contribution is -2.13. The minimum absolute atomic E-state index is 0.202. The minimum Gasteiger partial charge on any atom is -0.462 e. The van der Waals surface area contributed by atoms with Crippen LogP contribution in [0.1, 0.15) is 22.8 Å². The van der Waals surface area contributed by atoms with E-state index < -0.39 is 11.6 Å². The summed E-state index contributed by atoms with van der Waals surface area (Å²) in [6, 6.07) is 18.4. The predicted molar refractivity (Wildman–Crippen MR) is 108 cm³/mol. The van der Waals surface area contributed by atoms with Crippen molar-refractivity contribution in [2.75, 3.05) is 11.9 Å². The van der Waals surface area contributed by atoms with E-state index in [1.807, 2.05) is 42.5 Å². The second kappa shape index (κ2) is 7.52. The maximum absolute atomic E-state index is 12.5. The number of esters is 1. The van der Waals surface area contributed by atoms with Gasteiger partial charge in [0.05, 0.1) is 17.5 Å². The summed E-state index contributed by atoms with van der Waals surface area (Å²) in [6.45, 7) is 2.43. The first kappa shape index (κ1) is 17.7. The molecule has 0 saturated heterocycles. The van der Waals surface area contributed by atoms with Crippen LogP contribution in [0.3, 0.4) is 0 Å². The quantitative estimate of drug-likeness (QED) is 0.321. The number of carbonyl (C=O) groups is 1. The van der Waals surface area contributed by atoms with Gasteiger partial charge in [-0.25, -0.2) is 14.6 Å². The topological polar surface area (TPSA) is 81.4 Å². The highest BCUT2D eigenvalue weighted by molar-refractivity contribution is 6.06. The van der Waals surface area contributed by atoms with Gasteiger partial charge in [0.25, 0.3) is 0 Å². The van der Waals surface area contributed by atoms with Crippen LogP contribution < -0.4 is 10.9 Å². The third kappa shape index (κ3) is 3.32. The molecule has 4 rings (SSSR count). The molecule has 0 unspecified atom stereocenters. The molecule has 2 aromatic heterocycles. The van der Waals surface area contributed by atoms with Crippen molar-refractivity contribution in [3.8, 4) is 0 Å². The normalized spacial score (nSPS) is 10.9. The van der Waals surface area contributed by atoms with Crippen LogP contribution in [-0.2, 0) is 11.3 Å². The number of para-hydroxylation sites is 1. The Hall–Kier alpha value is -3.67. The van der Waals surface area contributed by atoms with Crippen molar-refractivity contribution in [2.45, 2.75) is 13.5 Å². The standard InChI is InChI=1S/C22H18N2O4/c1-2-27-21(25)17-12-16-19(15-10-6-7-11-18(15)28-22(16)26)24-20(17)23-13-14-8-4-3-5-9-14/h3-12H,2,13H2,1H3,(H,23,24). The lowest BCUT2D eigenvalue weighted by Gasteiger charge is -2.12. The van der Waals surface area contributed by atoms with Crippen LogP contribution in [0.25, 0.3) is 21.9 Å². The molecule has 28 heavy (non-hydrogen) atoms. The van der Waals surface area contributed by atoms with E-state index in [0.29, 0.717) is 28.8 Å². The smallest absolute Gasteiger partial charge is 0.345 e. The van der Waals surface area contributed by atoms with Gasteiger partial charge in [-0.05, 0) is 30.7 Å². The number of anilines is 1. The second-order valence-corrected chi connectivity index (χ2v) is 6.23. The number of ether oxygens (including phenoxy) is 1. The molecule has 6 heteroatoms. The molecular formula is C22H18N2O4. The van der Waals surface area contributed by atoms with Gasteiger partial charge in [0.1, 0.15) is 17.0 Å². The number of hydrogen-bond acceptors (Lipinski definition) is 6. The zero-order valence-electron chi connectivity index (χ0n) is 15.3. The fraction of sp³-hybridized carbons (Fsp3) is 0.136. The molecule has 0 radical (unpaired) electrons. The fourth-order valence-electron chi connectivity index (χ4n) is 3.06. The molecule has 6 nitrogen and oxygen atoms in total. The van der Waals surface area contributed by atoms with Crippen LogP contribution >= 0.6 is 0 Å². The first-order chi connectivity index (χ1) is 13.7. The highest BCUT2D eigenvalue weighted by Gasteiger charge is 2.19. The van der Waals surface area contributed by atoms with Gasteiger partial charge in [-0.15, -0.1) is 0 Å². The van der Waals surface area contributed by atoms with E-state index in [1.54, 1.807) is 19.1 Å². The summed E-state index contributed by atoms with van der Waals surface area (Å²) in [5.41, 5.74) is 1.63. The molecule has 0 aliphatic heterocycles. The molecule has 1 N–H and O–H groups in total. The van der Waals surface area contributed by atoms with Crippen LogP contribution in [0.2, 0.25) is 0 Å².